The number of hydrogen-bond donors (Lipinski definition) is 0. The van der Waals surface area contributed by atoms with E-state index < -0.39 is 0 Å². The second kappa shape index (κ2) is 9.97. The lowest BCUT2D eigenvalue weighted by molar-refractivity contribution is 1.07. The zero-order valence-corrected chi connectivity index (χ0v) is 24.4. The fourth-order valence-corrected chi connectivity index (χ4v) is 7.03. The van der Waals surface area contributed by atoms with E-state index in [1.807, 2.05) is 60.7 Å². The molecule has 3 aromatic heterocycles. The Bertz CT molecular complexity index is 2420. The molecule has 0 bridgehead atoms. The Labute approximate surface area is 257 Å². The van der Waals surface area contributed by atoms with E-state index in [0.29, 0.717) is 17.5 Å². The largest absolute Gasteiger partial charge is 0.309 e. The quantitative estimate of drug-likeness (QED) is 0.208. The molecule has 6 aromatic carbocycles. The summed E-state index contributed by atoms with van der Waals surface area (Å²) in [5.74, 6) is 1.97. The average Bonchev–Trinajstić information content (AvgIpc) is 3.69. The van der Waals surface area contributed by atoms with Crippen LogP contribution in [0.2, 0.25) is 0 Å². The molecule has 0 amide bonds. The number of nitrogens with zero attached hydrogens (tertiary/aromatic N) is 4. The van der Waals surface area contributed by atoms with Crippen LogP contribution in [0.4, 0.5) is 0 Å². The number of thiophene rings is 1. The SMILES string of the molecule is c1ccc(-c2nc(-c3ccccc3)nc(-c3ccc(-n4c5cc6ccsc6cc5c5c6ccccc6ccc54)cc3)n2)cc1. The first-order valence-corrected chi connectivity index (χ1v) is 15.5. The van der Waals surface area contributed by atoms with Crippen molar-refractivity contribution in [1.82, 2.24) is 19.5 Å². The van der Waals surface area contributed by atoms with Gasteiger partial charge in [-0.15, -0.1) is 11.3 Å². The number of fused-ring (bicyclic) bond motifs is 6. The van der Waals surface area contributed by atoms with Crippen LogP contribution in [0, 0.1) is 0 Å². The maximum Gasteiger partial charge on any atom is 0.164 e. The Balaban J connectivity index is 1.23. The minimum atomic E-state index is 0.650. The molecule has 0 atom stereocenters. The molecular formula is C39H24N4S. The summed E-state index contributed by atoms with van der Waals surface area (Å²) in [4.78, 5) is 14.7. The highest BCUT2D eigenvalue weighted by atomic mass is 32.1. The molecule has 206 valence electrons. The topological polar surface area (TPSA) is 43.6 Å². The lowest BCUT2D eigenvalue weighted by Gasteiger charge is -2.11. The molecule has 0 aliphatic carbocycles. The summed E-state index contributed by atoms with van der Waals surface area (Å²) in [6.45, 7) is 0. The van der Waals surface area contributed by atoms with Gasteiger partial charge in [0.25, 0.3) is 0 Å². The Morgan fingerprint density at radius 2 is 1.07 bits per heavy atom. The summed E-state index contributed by atoms with van der Waals surface area (Å²) >= 11 is 1.79. The minimum Gasteiger partial charge on any atom is -0.309 e. The summed E-state index contributed by atoms with van der Waals surface area (Å²) < 4.78 is 3.69. The van der Waals surface area contributed by atoms with Gasteiger partial charge in [-0.2, -0.15) is 0 Å². The Hall–Kier alpha value is -5.65. The maximum absolute atomic E-state index is 4.93. The van der Waals surface area contributed by atoms with E-state index in [4.69, 9.17) is 15.0 Å². The van der Waals surface area contributed by atoms with E-state index in [0.717, 1.165) is 22.4 Å². The van der Waals surface area contributed by atoms with Crippen LogP contribution in [0.3, 0.4) is 0 Å². The zero-order chi connectivity index (χ0) is 29.0. The van der Waals surface area contributed by atoms with Gasteiger partial charge in [0.05, 0.1) is 11.0 Å². The summed E-state index contributed by atoms with van der Waals surface area (Å²) in [5, 5.41) is 8.51. The normalized spacial score (nSPS) is 11.6. The van der Waals surface area contributed by atoms with Gasteiger partial charge in [0.2, 0.25) is 0 Å². The summed E-state index contributed by atoms with van der Waals surface area (Å²) in [6, 6.07) is 48.8. The molecule has 0 radical (unpaired) electrons. The number of aromatic nitrogens is 4. The first kappa shape index (κ1) is 24.9. The van der Waals surface area contributed by atoms with Gasteiger partial charge in [-0.3, -0.25) is 0 Å². The molecule has 0 aliphatic heterocycles. The fraction of sp³-hybridized carbons (Fsp3) is 0. The average molecular weight is 581 g/mol. The van der Waals surface area contributed by atoms with Crippen molar-refractivity contribution in [2.75, 3.05) is 0 Å². The standard InChI is InChI=1S/C39H24N4S/c1-3-10-26(11-4-1)37-40-38(27-12-5-2-6-13-27)42-39(41-37)28-15-18-30(19-16-28)43-33-20-17-25-9-7-8-14-31(25)36(33)32-24-35-29(21-22-44-35)23-34(32)43/h1-24H. The van der Waals surface area contributed by atoms with Crippen LogP contribution in [0.1, 0.15) is 0 Å². The molecule has 0 saturated carbocycles. The fourth-order valence-electron chi connectivity index (χ4n) is 6.22. The second-order valence-electron chi connectivity index (χ2n) is 10.9. The van der Waals surface area contributed by atoms with Crippen LogP contribution >= 0.6 is 11.3 Å². The van der Waals surface area contributed by atoms with Crippen molar-refractivity contribution >= 4 is 54.0 Å². The Morgan fingerprint density at radius 1 is 0.455 bits per heavy atom. The monoisotopic (exact) mass is 580 g/mol. The molecule has 5 heteroatoms. The van der Waals surface area contributed by atoms with Crippen molar-refractivity contribution in [2.45, 2.75) is 0 Å². The highest BCUT2D eigenvalue weighted by Gasteiger charge is 2.17. The molecule has 9 aromatic rings. The molecule has 0 fully saturated rings. The second-order valence-corrected chi connectivity index (χ2v) is 11.9. The van der Waals surface area contributed by atoms with Gasteiger partial charge < -0.3 is 4.57 Å². The first-order chi connectivity index (χ1) is 21.8. The smallest absolute Gasteiger partial charge is 0.164 e. The third kappa shape index (κ3) is 4.02. The number of rotatable bonds is 4. The zero-order valence-electron chi connectivity index (χ0n) is 23.6. The molecular weight excluding hydrogens is 557 g/mol. The first-order valence-electron chi connectivity index (χ1n) is 14.6. The van der Waals surface area contributed by atoms with Gasteiger partial charge in [0, 0.05) is 37.9 Å². The van der Waals surface area contributed by atoms with E-state index in [9.17, 15) is 0 Å². The lowest BCUT2D eigenvalue weighted by atomic mass is 10.0. The van der Waals surface area contributed by atoms with Gasteiger partial charge >= 0.3 is 0 Å². The summed E-state index contributed by atoms with van der Waals surface area (Å²) in [5.41, 5.74) is 6.36. The van der Waals surface area contributed by atoms with Crippen LogP contribution in [-0.4, -0.2) is 19.5 Å². The van der Waals surface area contributed by atoms with Crippen molar-refractivity contribution in [2.24, 2.45) is 0 Å². The van der Waals surface area contributed by atoms with Gasteiger partial charge in [-0.05, 0) is 70.1 Å². The van der Waals surface area contributed by atoms with E-state index in [1.54, 1.807) is 11.3 Å². The van der Waals surface area contributed by atoms with Crippen LogP contribution in [0.15, 0.2) is 145 Å². The molecule has 9 rings (SSSR count). The lowest BCUT2D eigenvalue weighted by Crippen LogP contribution is -2.00. The summed E-state index contributed by atoms with van der Waals surface area (Å²) in [6.07, 6.45) is 0. The molecule has 0 unspecified atom stereocenters. The molecule has 0 saturated heterocycles. The predicted molar refractivity (Wildman–Crippen MR) is 183 cm³/mol. The van der Waals surface area contributed by atoms with Crippen molar-refractivity contribution in [3.8, 4) is 39.9 Å². The van der Waals surface area contributed by atoms with Crippen molar-refractivity contribution in [3.63, 3.8) is 0 Å². The number of benzene rings is 6. The van der Waals surface area contributed by atoms with Crippen LogP contribution in [0.5, 0.6) is 0 Å². The van der Waals surface area contributed by atoms with E-state index >= 15 is 0 Å². The molecule has 0 spiro atoms. The predicted octanol–water partition coefficient (Wildman–Crippen LogP) is 10.3. The van der Waals surface area contributed by atoms with Crippen LogP contribution in [-0.2, 0) is 0 Å². The number of hydrogen-bond acceptors (Lipinski definition) is 4. The van der Waals surface area contributed by atoms with Crippen molar-refractivity contribution in [1.29, 1.82) is 0 Å². The minimum absolute atomic E-state index is 0.650. The van der Waals surface area contributed by atoms with Gasteiger partial charge in [-0.1, -0.05) is 91.0 Å². The Kier molecular flexibility index (Phi) is 5.64. The van der Waals surface area contributed by atoms with E-state index in [1.165, 1.54) is 42.7 Å². The molecule has 0 N–H and O–H groups in total. The van der Waals surface area contributed by atoms with Gasteiger partial charge in [0.1, 0.15) is 0 Å². The van der Waals surface area contributed by atoms with Crippen LogP contribution in [0.25, 0.3) is 82.5 Å². The molecule has 4 nitrogen and oxygen atoms in total. The van der Waals surface area contributed by atoms with Gasteiger partial charge in [-0.25, -0.2) is 15.0 Å². The highest BCUT2D eigenvalue weighted by molar-refractivity contribution is 7.17. The third-order valence-electron chi connectivity index (χ3n) is 8.31. The molecule has 3 heterocycles. The molecule has 44 heavy (non-hydrogen) atoms. The van der Waals surface area contributed by atoms with E-state index in [-0.39, 0.29) is 0 Å². The van der Waals surface area contributed by atoms with Crippen molar-refractivity contribution in [3.05, 3.63) is 145 Å². The van der Waals surface area contributed by atoms with Crippen molar-refractivity contribution < 1.29 is 0 Å². The molecule has 0 aliphatic rings. The van der Waals surface area contributed by atoms with Crippen LogP contribution < -0.4 is 0 Å². The Morgan fingerprint density at radius 3 is 1.75 bits per heavy atom. The third-order valence-corrected chi connectivity index (χ3v) is 9.19. The highest BCUT2D eigenvalue weighted by Crippen LogP contribution is 2.40. The van der Waals surface area contributed by atoms with Gasteiger partial charge in [0.15, 0.2) is 17.5 Å². The summed E-state index contributed by atoms with van der Waals surface area (Å²) in [7, 11) is 0. The maximum atomic E-state index is 4.93. The van der Waals surface area contributed by atoms with E-state index in [2.05, 4.69) is 88.8 Å².